The second-order valence-electron chi connectivity index (χ2n) is 6.18. The molecule has 108 valence electrons. The molecule has 1 aliphatic carbocycles. The lowest BCUT2D eigenvalue weighted by molar-refractivity contribution is -0.141. The molecule has 2 rings (SSSR count). The summed E-state index contributed by atoms with van der Waals surface area (Å²) in [5.74, 6) is 1.01. The first-order valence-corrected chi connectivity index (χ1v) is 8.10. The smallest absolute Gasteiger partial charge is 0.235 e. The number of carbonyl (C=O) groups excluding carboxylic acids is 1. The minimum absolute atomic E-state index is 0.211. The normalized spacial score (nSPS) is 26.4. The van der Waals surface area contributed by atoms with Gasteiger partial charge in [-0.3, -0.25) is 4.79 Å². The molecular weight excluding hydrogens is 256 g/mol. The van der Waals surface area contributed by atoms with E-state index in [1.54, 1.807) is 0 Å². The van der Waals surface area contributed by atoms with Crippen molar-refractivity contribution < 1.29 is 4.79 Å². The number of nitrogens with zero attached hydrogens (tertiary/aromatic N) is 1. The van der Waals surface area contributed by atoms with Gasteiger partial charge in [-0.2, -0.15) is 0 Å². The Morgan fingerprint density at radius 2 is 2.05 bits per heavy atom. The average molecular weight is 282 g/mol. The number of thiocarbonyl (C=S) groups is 1. The fraction of sp³-hybridized carbons (Fsp3) is 0.867. The number of likely N-dealkylation sites (tertiary alicyclic amines) is 1. The summed E-state index contributed by atoms with van der Waals surface area (Å²) in [7, 11) is 0. The molecule has 1 unspecified atom stereocenters. The van der Waals surface area contributed by atoms with Gasteiger partial charge in [-0.1, -0.05) is 38.4 Å². The molecule has 1 saturated heterocycles. The molecule has 3 nitrogen and oxygen atoms in total. The fourth-order valence-electron chi connectivity index (χ4n) is 3.46. The summed E-state index contributed by atoms with van der Waals surface area (Å²) in [5, 5.41) is 0. The summed E-state index contributed by atoms with van der Waals surface area (Å²) in [6.45, 7) is 4.03. The molecule has 2 aliphatic rings. The molecule has 0 aromatic carbocycles. The third-order valence-corrected chi connectivity index (χ3v) is 5.31. The SMILES string of the molecule is CCCC1CCCN(C(=O)C2(C(N)=S)CCC2)CC1. The van der Waals surface area contributed by atoms with Crippen molar-refractivity contribution in [1.29, 1.82) is 0 Å². The van der Waals surface area contributed by atoms with Gasteiger partial charge in [0.25, 0.3) is 0 Å². The van der Waals surface area contributed by atoms with Crippen LogP contribution in [0.1, 0.15) is 58.3 Å². The van der Waals surface area contributed by atoms with Crippen LogP contribution in [0.2, 0.25) is 0 Å². The average Bonchev–Trinajstić information content (AvgIpc) is 2.53. The number of carbonyl (C=O) groups is 1. The third-order valence-electron chi connectivity index (χ3n) is 4.92. The highest BCUT2D eigenvalue weighted by molar-refractivity contribution is 7.80. The zero-order valence-corrected chi connectivity index (χ0v) is 12.8. The number of rotatable bonds is 4. The highest BCUT2D eigenvalue weighted by Crippen LogP contribution is 2.43. The maximum Gasteiger partial charge on any atom is 0.235 e. The molecule has 0 aromatic heterocycles. The molecule has 1 amide bonds. The van der Waals surface area contributed by atoms with E-state index in [9.17, 15) is 4.79 Å². The van der Waals surface area contributed by atoms with Gasteiger partial charge < -0.3 is 10.6 Å². The van der Waals surface area contributed by atoms with E-state index >= 15 is 0 Å². The lowest BCUT2D eigenvalue weighted by Crippen LogP contribution is -2.54. The van der Waals surface area contributed by atoms with Gasteiger partial charge in [0, 0.05) is 13.1 Å². The van der Waals surface area contributed by atoms with E-state index in [0.29, 0.717) is 4.99 Å². The van der Waals surface area contributed by atoms with Crippen molar-refractivity contribution in [3.05, 3.63) is 0 Å². The Balaban J connectivity index is 1.98. The van der Waals surface area contributed by atoms with Crippen LogP contribution in [0.3, 0.4) is 0 Å². The van der Waals surface area contributed by atoms with E-state index in [4.69, 9.17) is 18.0 Å². The summed E-state index contributed by atoms with van der Waals surface area (Å²) >= 11 is 5.16. The minimum atomic E-state index is -0.486. The second kappa shape index (κ2) is 6.21. The molecule has 1 atom stereocenters. The molecule has 2 fully saturated rings. The Morgan fingerprint density at radius 3 is 2.58 bits per heavy atom. The van der Waals surface area contributed by atoms with Crippen LogP contribution in [0.4, 0.5) is 0 Å². The minimum Gasteiger partial charge on any atom is -0.392 e. The quantitative estimate of drug-likeness (QED) is 0.807. The number of nitrogens with two attached hydrogens (primary N) is 1. The summed E-state index contributed by atoms with van der Waals surface area (Å²) in [6.07, 6.45) is 8.87. The van der Waals surface area contributed by atoms with Gasteiger partial charge in [0.2, 0.25) is 5.91 Å². The van der Waals surface area contributed by atoms with E-state index in [1.165, 1.54) is 19.3 Å². The molecule has 0 spiro atoms. The van der Waals surface area contributed by atoms with Crippen LogP contribution >= 0.6 is 12.2 Å². The zero-order valence-electron chi connectivity index (χ0n) is 12.0. The number of hydrogen-bond acceptors (Lipinski definition) is 2. The van der Waals surface area contributed by atoms with Crippen LogP contribution < -0.4 is 5.73 Å². The van der Waals surface area contributed by atoms with Gasteiger partial charge in [-0.05, 0) is 38.0 Å². The van der Waals surface area contributed by atoms with E-state index in [-0.39, 0.29) is 5.91 Å². The van der Waals surface area contributed by atoms with Gasteiger partial charge in [-0.25, -0.2) is 0 Å². The standard InChI is InChI=1S/C15H26N2OS/c1-2-5-12-6-3-10-17(11-7-12)14(18)15(13(16)19)8-4-9-15/h12H,2-11H2,1H3,(H2,16,19). The van der Waals surface area contributed by atoms with Gasteiger partial charge in [-0.15, -0.1) is 0 Å². The predicted molar refractivity (Wildman–Crippen MR) is 81.9 cm³/mol. The van der Waals surface area contributed by atoms with E-state index in [0.717, 1.165) is 51.1 Å². The Morgan fingerprint density at radius 1 is 1.32 bits per heavy atom. The van der Waals surface area contributed by atoms with Crippen LogP contribution in [-0.4, -0.2) is 28.9 Å². The van der Waals surface area contributed by atoms with Crippen molar-refractivity contribution in [1.82, 2.24) is 4.90 Å². The number of hydrogen-bond donors (Lipinski definition) is 1. The first kappa shape index (κ1) is 14.8. The van der Waals surface area contributed by atoms with Crippen LogP contribution in [-0.2, 0) is 4.79 Å². The van der Waals surface area contributed by atoms with E-state index < -0.39 is 5.41 Å². The number of amides is 1. The van der Waals surface area contributed by atoms with E-state index in [1.807, 2.05) is 4.90 Å². The van der Waals surface area contributed by atoms with Gasteiger partial charge in [0.15, 0.2) is 0 Å². The molecule has 4 heteroatoms. The lowest BCUT2D eigenvalue weighted by atomic mass is 9.67. The third kappa shape index (κ3) is 2.93. The maximum absolute atomic E-state index is 12.7. The molecule has 1 saturated carbocycles. The molecule has 0 bridgehead atoms. The monoisotopic (exact) mass is 282 g/mol. The van der Waals surface area contributed by atoms with E-state index in [2.05, 4.69) is 6.92 Å². The molecule has 19 heavy (non-hydrogen) atoms. The van der Waals surface area contributed by atoms with Crippen molar-refractivity contribution >= 4 is 23.1 Å². The van der Waals surface area contributed by atoms with Gasteiger partial charge >= 0.3 is 0 Å². The molecule has 2 N–H and O–H groups in total. The molecule has 1 heterocycles. The first-order chi connectivity index (χ1) is 9.10. The van der Waals surface area contributed by atoms with Crippen molar-refractivity contribution in [2.75, 3.05) is 13.1 Å². The molecule has 0 aromatic rings. The Hall–Kier alpha value is -0.640. The summed E-state index contributed by atoms with van der Waals surface area (Å²) < 4.78 is 0. The van der Waals surface area contributed by atoms with Crippen LogP contribution in [0.5, 0.6) is 0 Å². The summed E-state index contributed by atoms with van der Waals surface area (Å²) in [5.41, 5.74) is 5.35. The topological polar surface area (TPSA) is 46.3 Å². The zero-order chi connectivity index (χ0) is 13.9. The summed E-state index contributed by atoms with van der Waals surface area (Å²) in [4.78, 5) is 15.2. The lowest BCUT2D eigenvalue weighted by Gasteiger charge is -2.42. The van der Waals surface area contributed by atoms with Crippen LogP contribution in [0.15, 0.2) is 0 Å². The Labute approximate surface area is 121 Å². The molecule has 1 aliphatic heterocycles. The van der Waals surface area contributed by atoms with Crippen molar-refractivity contribution in [2.24, 2.45) is 17.1 Å². The van der Waals surface area contributed by atoms with Gasteiger partial charge in [0.1, 0.15) is 0 Å². The Kier molecular flexibility index (Phi) is 4.82. The Bertz CT molecular complexity index is 352. The predicted octanol–water partition coefficient (Wildman–Crippen LogP) is 2.87. The largest absolute Gasteiger partial charge is 0.392 e. The van der Waals surface area contributed by atoms with Crippen LogP contribution in [0, 0.1) is 11.3 Å². The maximum atomic E-state index is 12.7. The fourth-order valence-corrected chi connectivity index (χ4v) is 3.76. The molecule has 0 radical (unpaired) electrons. The second-order valence-corrected chi connectivity index (χ2v) is 6.62. The first-order valence-electron chi connectivity index (χ1n) is 7.69. The van der Waals surface area contributed by atoms with Crippen molar-refractivity contribution in [3.8, 4) is 0 Å². The van der Waals surface area contributed by atoms with Crippen molar-refractivity contribution in [3.63, 3.8) is 0 Å². The van der Waals surface area contributed by atoms with Crippen molar-refractivity contribution in [2.45, 2.75) is 58.3 Å². The molecular formula is C15H26N2OS. The van der Waals surface area contributed by atoms with Gasteiger partial charge in [0.05, 0.1) is 10.4 Å². The highest BCUT2D eigenvalue weighted by Gasteiger charge is 2.48. The highest BCUT2D eigenvalue weighted by atomic mass is 32.1. The summed E-state index contributed by atoms with van der Waals surface area (Å²) in [6, 6.07) is 0. The van der Waals surface area contributed by atoms with Crippen LogP contribution in [0.25, 0.3) is 0 Å².